The van der Waals surface area contributed by atoms with Crippen LogP contribution in [-0.2, 0) is 0 Å². The number of nitrogens with one attached hydrogen (secondary N) is 1. The number of benzene rings is 3. The zero-order chi connectivity index (χ0) is 22.7. The van der Waals surface area contributed by atoms with E-state index in [4.69, 9.17) is 16.7 Å². The molecule has 0 spiro atoms. The lowest BCUT2D eigenvalue weighted by molar-refractivity contribution is 0.102. The van der Waals surface area contributed by atoms with E-state index in [1.807, 2.05) is 72.9 Å². The minimum Gasteiger partial charge on any atom is -0.322 e. The van der Waals surface area contributed by atoms with Crippen LogP contribution < -0.4 is 14.8 Å². The fourth-order valence-electron chi connectivity index (χ4n) is 3.40. The molecular weight excluding hydrogens is 442 g/mol. The van der Waals surface area contributed by atoms with Crippen molar-refractivity contribution in [3.63, 3.8) is 0 Å². The van der Waals surface area contributed by atoms with Crippen LogP contribution in [-0.4, -0.2) is 22.4 Å². The molecule has 0 fully saturated rings. The number of anilines is 2. The second-order valence-electron chi connectivity index (χ2n) is 7.20. The van der Waals surface area contributed by atoms with Gasteiger partial charge < -0.3 is 9.62 Å². The summed E-state index contributed by atoms with van der Waals surface area (Å²) in [6.45, 7) is 4.69. The Kier molecular flexibility index (Phi) is 6.60. The largest absolute Gasteiger partial charge is 0.322 e. The molecule has 32 heavy (non-hydrogen) atoms. The number of amides is 1. The van der Waals surface area contributed by atoms with Crippen LogP contribution in [0.25, 0.3) is 22.3 Å². The van der Waals surface area contributed by atoms with Crippen LogP contribution >= 0.6 is 23.7 Å². The number of carbonyl (C=O) groups excluding carboxylic acids is 1. The van der Waals surface area contributed by atoms with E-state index in [9.17, 15) is 4.79 Å². The van der Waals surface area contributed by atoms with Crippen LogP contribution in [0.4, 0.5) is 11.4 Å². The number of aryl methyl sites for hydroxylation is 1. The lowest BCUT2D eigenvalue weighted by Crippen LogP contribution is -2.17. The quantitative estimate of drug-likeness (QED) is 0.348. The summed E-state index contributed by atoms with van der Waals surface area (Å²) in [5.41, 5.74) is 4.61. The van der Waals surface area contributed by atoms with Gasteiger partial charge in [0.05, 0.1) is 16.1 Å². The number of aromatic nitrogens is 2. The third kappa shape index (κ3) is 4.55. The summed E-state index contributed by atoms with van der Waals surface area (Å²) >= 11 is 7.51. The fourth-order valence-corrected chi connectivity index (χ4v) is 4.05. The predicted molar refractivity (Wildman–Crippen MR) is 134 cm³/mol. The van der Waals surface area contributed by atoms with Gasteiger partial charge in [0.2, 0.25) is 0 Å². The summed E-state index contributed by atoms with van der Waals surface area (Å²) in [6, 6.07) is 18.8. The Hall–Kier alpha value is -3.13. The molecule has 1 heterocycles. The number of rotatable bonds is 6. The summed E-state index contributed by atoms with van der Waals surface area (Å²) in [5.74, 6) is 0.317. The van der Waals surface area contributed by atoms with Crippen molar-refractivity contribution in [2.24, 2.45) is 5.14 Å². The van der Waals surface area contributed by atoms with E-state index in [2.05, 4.69) is 15.3 Å². The molecule has 0 aliphatic rings. The van der Waals surface area contributed by atoms with E-state index in [0.29, 0.717) is 28.6 Å². The third-order valence-electron chi connectivity index (χ3n) is 5.13. The number of fused-ring (bicyclic) bond motifs is 1. The smallest absolute Gasteiger partial charge is 0.257 e. The second-order valence-corrected chi connectivity index (χ2v) is 8.26. The Bertz CT molecular complexity index is 1290. The van der Waals surface area contributed by atoms with Crippen molar-refractivity contribution in [2.75, 3.05) is 16.2 Å². The van der Waals surface area contributed by atoms with Crippen LogP contribution in [0.2, 0.25) is 5.02 Å². The highest BCUT2D eigenvalue weighted by Crippen LogP contribution is 2.28. The monoisotopic (exact) mass is 463 g/mol. The molecule has 162 valence electrons. The molecule has 0 radical (unpaired) electrons. The van der Waals surface area contributed by atoms with Crippen molar-refractivity contribution in [2.45, 2.75) is 13.8 Å². The first-order valence-corrected chi connectivity index (χ1v) is 11.3. The van der Waals surface area contributed by atoms with Crippen molar-refractivity contribution < 1.29 is 4.79 Å². The Morgan fingerprint density at radius 3 is 2.72 bits per heavy atom. The molecule has 4 aromatic rings. The average Bonchev–Trinajstić information content (AvgIpc) is 2.81. The summed E-state index contributed by atoms with van der Waals surface area (Å²) in [5, 5.41) is 9.95. The Morgan fingerprint density at radius 1 is 1.16 bits per heavy atom. The van der Waals surface area contributed by atoms with E-state index < -0.39 is 0 Å². The maximum Gasteiger partial charge on any atom is 0.257 e. The van der Waals surface area contributed by atoms with Crippen molar-refractivity contribution in [1.29, 1.82) is 0 Å². The number of nitrogens with two attached hydrogens (primary N) is 1. The molecule has 1 amide bonds. The molecule has 6 nitrogen and oxygen atoms in total. The molecule has 3 aromatic carbocycles. The van der Waals surface area contributed by atoms with Crippen molar-refractivity contribution in [3.8, 4) is 11.4 Å². The van der Waals surface area contributed by atoms with Crippen LogP contribution in [0, 0.1) is 6.92 Å². The topological polar surface area (TPSA) is 84.1 Å². The molecule has 0 aliphatic heterocycles. The normalized spacial score (nSPS) is 10.9. The summed E-state index contributed by atoms with van der Waals surface area (Å²) in [6.07, 6.45) is 1.81. The SMILES string of the molecule is CCN(SN)c1ccc(C(=O)Nc2ccc(C)c(-c3ncc4ccccc4n3)c2)c(Cl)c1. The fraction of sp³-hybridized carbons (Fsp3) is 0.125. The standard InChI is InChI=1S/C24H22ClN5OS/c1-3-30(32-26)18-10-11-19(21(25)13-18)24(31)28-17-9-8-15(2)20(12-17)23-27-14-16-6-4-5-7-22(16)29-23/h4-14H,3,26H2,1-2H3,(H,28,31). The number of carbonyl (C=O) groups is 1. The molecule has 0 bridgehead atoms. The highest BCUT2D eigenvalue weighted by molar-refractivity contribution is 7.98. The molecule has 1 aromatic heterocycles. The summed E-state index contributed by atoms with van der Waals surface area (Å²) < 4.78 is 1.88. The Morgan fingerprint density at radius 2 is 1.97 bits per heavy atom. The third-order valence-corrected chi connectivity index (χ3v) is 6.16. The maximum absolute atomic E-state index is 12.9. The van der Waals surface area contributed by atoms with E-state index in [1.165, 1.54) is 0 Å². The average molecular weight is 464 g/mol. The highest BCUT2D eigenvalue weighted by atomic mass is 35.5. The Labute approximate surface area is 196 Å². The van der Waals surface area contributed by atoms with Gasteiger partial charge in [-0.25, -0.2) is 9.97 Å². The van der Waals surface area contributed by atoms with Gasteiger partial charge in [0.25, 0.3) is 5.91 Å². The molecule has 0 unspecified atom stereocenters. The molecule has 8 heteroatoms. The first kappa shape index (κ1) is 22.1. The molecular formula is C24H22ClN5OS. The van der Waals surface area contributed by atoms with Gasteiger partial charge in [0, 0.05) is 47.2 Å². The van der Waals surface area contributed by atoms with Crippen molar-refractivity contribution >= 4 is 51.9 Å². The molecule has 0 saturated heterocycles. The lowest BCUT2D eigenvalue weighted by atomic mass is 10.1. The minimum absolute atomic E-state index is 0.292. The minimum atomic E-state index is -0.292. The predicted octanol–water partition coefficient (Wildman–Crippen LogP) is 5.86. The van der Waals surface area contributed by atoms with E-state index in [0.717, 1.165) is 39.9 Å². The van der Waals surface area contributed by atoms with E-state index >= 15 is 0 Å². The van der Waals surface area contributed by atoms with Gasteiger partial charge in [-0.15, -0.1) is 0 Å². The van der Waals surface area contributed by atoms with Crippen molar-refractivity contribution in [3.05, 3.63) is 83.0 Å². The van der Waals surface area contributed by atoms with Gasteiger partial charge in [-0.2, -0.15) is 0 Å². The van der Waals surface area contributed by atoms with Gasteiger partial charge in [-0.05, 0) is 55.8 Å². The van der Waals surface area contributed by atoms with Crippen LogP contribution in [0.15, 0.2) is 66.9 Å². The highest BCUT2D eigenvalue weighted by Gasteiger charge is 2.15. The molecule has 0 saturated carbocycles. The van der Waals surface area contributed by atoms with Crippen molar-refractivity contribution in [1.82, 2.24) is 9.97 Å². The zero-order valence-corrected chi connectivity index (χ0v) is 19.2. The maximum atomic E-state index is 12.9. The van der Waals surface area contributed by atoms with E-state index in [1.54, 1.807) is 12.1 Å². The number of para-hydroxylation sites is 1. The first-order chi connectivity index (χ1) is 15.5. The van der Waals surface area contributed by atoms with Crippen LogP contribution in [0.1, 0.15) is 22.8 Å². The van der Waals surface area contributed by atoms with Gasteiger partial charge in [-0.1, -0.05) is 35.9 Å². The number of nitrogens with zero attached hydrogens (tertiary/aromatic N) is 3. The summed E-state index contributed by atoms with van der Waals surface area (Å²) in [4.78, 5) is 22.1. The Balaban J connectivity index is 1.60. The zero-order valence-electron chi connectivity index (χ0n) is 17.7. The van der Waals surface area contributed by atoms with Crippen LogP contribution in [0.5, 0.6) is 0 Å². The van der Waals surface area contributed by atoms with E-state index in [-0.39, 0.29) is 5.91 Å². The van der Waals surface area contributed by atoms with Gasteiger partial charge in [0.1, 0.15) is 0 Å². The number of halogens is 1. The van der Waals surface area contributed by atoms with Crippen LogP contribution in [0.3, 0.4) is 0 Å². The number of hydrogen-bond acceptors (Lipinski definition) is 6. The van der Waals surface area contributed by atoms with Gasteiger partial charge in [-0.3, -0.25) is 9.93 Å². The first-order valence-electron chi connectivity index (χ1n) is 10.1. The summed E-state index contributed by atoms with van der Waals surface area (Å²) in [7, 11) is 0. The molecule has 3 N–H and O–H groups in total. The molecule has 0 aliphatic carbocycles. The molecule has 4 rings (SSSR count). The molecule has 0 atom stereocenters. The van der Waals surface area contributed by atoms with Gasteiger partial charge in [0.15, 0.2) is 5.82 Å². The van der Waals surface area contributed by atoms with Gasteiger partial charge >= 0.3 is 0 Å². The number of hydrogen-bond donors (Lipinski definition) is 2. The second kappa shape index (κ2) is 9.56. The lowest BCUT2D eigenvalue weighted by Gasteiger charge is -2.19.